The van der Waals surface area contributed by atoms with Crippen LogP contribution >= 0.6 is 0 Å². The molecule has 1 aromatic heterocycles. The van der Waals surface area contributed by atoms with Gasteiger partial charge in [0.1, 0.15) is 0 Å². The average molecular weight is 411 g/mol. The van der Waals surface area contributed by atoms with Gasteiger partial charge in [-0.15, -0.1) is 0 Å². The molecule has 9 heteroatoms. The number of benzene rings is 2. The zero-order chi connectivity index (χ0) is 21.5. The van der Waals surface area contributed by atoms with Crippen molar-refractivity contribution < 1.29 is 28.3 Å². The van der Waals surface area contributed by atoms with Crippen molar-refractivity contribution in [2.24, 2.45) is 0 Å². The number of hydrogen-bond acceptors (Lipinski definition) is 8. The summed E-state index contributed by atoms with van der Waals surface area (Å²) in [5.74, 6) is 1.05. The van der Waals surface area contributed by atoms with Crippen LogP contribution in [0.5, 0.6) is 11.5 Å². The SMILES string of the molecule is COc1ccc(-c2noc(COC(=O)Cc3ccc(NC(C)=O)cc3)n2)cc1OC. The molecule has 30 heavy (non-hydrogen) atoms. The molecule has 0 aliphatic rings. The Morgan fingerprint density at radius 1 is 1.03 bits per heavy atom. The zero-order valence-corrected chi connectivity index (χ0v) is 16.8. The van der Waals surface area contributed by atoms with Crippen LogP contribution in [0.25, 0.3) is 11.4 Å². The van der Waals surface area contributed by atoms with E-state index in [9.17, 15) is 9.59 Å². The molecule has 2 aromatic carbocycles. The Hall–Kier alpha value is -3.88. The Morgan fingerprint density at radius 2 is 1.77 bits per heavy atom. The van der Waals surface area contributed by atoms with Crippen LogP contribution in [-0.2, 0) is 27.4 Å². The minimum atomic E-state index is -0.437. The molecular formula is C21H21N3O6. The topological polar surface area (TPSA) is 113 Å². The van der Waals surface area contributed by atoms with Crippen LogP contribution in [0.15, 0.2) is 47.0 Å². The zero-order valence-electron chi connectivity index (χ0n) is 16.8. The molecule has 1 N–H and O–H groups in total. The molecule has 0 bridgehead atoms. The fourth-order valence-electron chi connectivity index (χ4n) is 2.68. The smallest absolute Gasteiger partial charge is 0.310 e. The first-order chi connectivity index (χ1) is 14.5. The van der Waals surface area contributed by atoms with Gasteiger partial charge >= 0.3 is 5.97 Å². The van der Waals surface area contributed by atoms with Gasteiger partial charge in [0.2, 0.25) is 11.7 Å². The Bertz CT molecular complexity index is 1030. The number of ether oxygens (including phenoxy) is 3. The number of carbonyl (C=O) groups excluding carboxylic acids is 2. The Balaban J connectivity index is 1.56. The van der Waals surface area contributed by atoms with Gasteiger partial charge in [0.05, 0.1) is 20.6 Å². The van der Waals surface area contributed by atoms with E-state index < -0.39 is 5.97 Å². The summed E-state index contributed by atoms with van der Waals surface area (Å²) in [6, 6.07) is 12.2. The quantitative estimate of drug-likeness (QED) is 0.563. The van der Waals surface area contributed by atoms with E-state index in [2.05, 4.69) is 15.5 Å². The van der Waals surface area contributed by atoms with E-state index in [1.165, 1.54) is 14.0 Å². The lowest BCUT2D eigenvalue weighted by atomic mass is 10.1. The summed E-state index contributed by atoms with van der Waals surface area (Å²) in [4.78, 5) is 27.3. The first-order valence-corrected chi connectivity index (χ1v) is 9.05. The average Bonchev–Trinajstić information content (AvgIpc) is 3.22. The van der Waals surface area contributed by atoms with Gasteiger partial charge in [-0.25, -0.2) is 0 Å². The Kier molecular flexibility index (Phi) is 6.63. The van der Waals surface area contributed by atoms with Crippen molar-refractivity contribution in [3.8, 4) is 22.9 Å². The lowest BCUT2D eigenvalue weighted by molar-refractivity contribution is -0.144. The predicted molar refractivity (Wildman–Crippen MR) is 107 cm³/mol. The first-order valence-electron chi connectivity index (χ1n) is 9.05. The molecule has 3 aromatic rings. The Morgan fingerprint density at radius 3 is 2.43 bits per heavy atom. The largest absolute Gasteiger partial charge is 0.493 e. The van der Waals surface area contributed by atoms with Gasteiger partial charge in [0.15, 0.2) is 18.1 Å². The van der Waals surface area contributed by atoms with E-state index in [0.29, 0.717) is 28.6 Å². The van der Waals surface area contributed by atoms with Crippen LogP contribution in [-0.4, -0.2) is 36.2 Å². The fraction of sp³-hybridized carbons (Fsp3) is 0.238. The van der Waals surface area contributed by atoms with E-state index in [0.717, 1.165) is 5.56 Å². The number of carbonyl (C=O) groups is 2. The first kappa shape index (κ1) is 20.8. The van der Waals surface area contributed by atoms with Crippen molar-refractivity contribution >= 4 is 17.6 Å². The predicted octanol–water partition coefficient (Wildman–Crippen LogP) is 3.00. The third-order valence-electron chi connectivity index (χ3n) is 4.09. The number of esters is 1. The lowest BCUT2D eigenvalue weighted by Gasteiger charge is -2.07. The number of nitrogens with one attached hydrogen (secondary N) is 1. The normalized spacial score (nSPS) is 10.4. The van der Waals surface area contributed by atoms with E-state index in [4.69, 9.17) is 18.7 Å². The van der Waals surface area contributed by atoms with Crippen molar-refractivity contribution in [1.29, 1.82) is 0 Å². The molecule has 9 nitrogen and oxygen atoms in total. The summed E-state index contributed by atoms with van der Waals surface area (Å²) < 4.78 is 20.8. The number of aromatic nitrogens is 2. The molecule has 0 atom stereocenters. The van der Waals surface area contributed by atoms with Crippen molar-refractivity contribution in [2.75, 3.05) is 19.5 Å². The van der Waals surface area contributed by atoms with E-state index >= 15 is 0 Å². The van der Waals surface area contributed by atoms with Crippen LogP contribution in [0.3, 0.4) is 0 Å². The summed E-state index contributed by atoms with van der Waals surface area (Å²) in [5.41, 5.74) is 2.09. The van der Waals surface area contributed by atoms with Crippen LogP contribution < -0.4 is 14.8 Å². The maximum absolute atomic E-state index is 12.1. The highest BCUT2D eigenvalue weighted by Gasteiger charge is 2.14. The number of methoxy groups -OCH3 is 2. The number of anilines is 1. The lowest BCUT2D eigenvalue weighted by Crippen LogP contribution is -2.09. The third kappa shape index (κ3) is 5.34. The van der Waals surface area contributed by atoms with E-state index in [-0.39, 0.29) is 24.8 Å². The molecule has 0 fully saturated rings. The van der Waals surface area contributed by atoms with Crippen LogP contribution in [0.1, 0.15) is 18.4 Å². The summed E-state index contributed by atoms with van der Waals surface area (Å²) in [6.07, 6.45) is 0.0804. The van der Waals surface area contributed by atoms with Crippen LogP contribution in [0, 0.1) is 0 Å². The van der Waals surface area contributed by atoms with Gasteiger partial charge in [-0.1, -0.05) is 17.3 Å². The molecule has 3 rings (SSSR count). The maximum atomic E-state index is 12.1. The molecule has 156 valence electrons. The molecule has 1 heterocycles. The molecule has 0 aliphatic heterocycles. The van der Waals surface area contributed by atoms with Gasteiger partial charge < -0.3 is 24.1 Å². The van der Waals surface area contributed by atoms with Gasteiger partial charge in [-0.3, -0.25) is 9.59 Å². The third-order valence-corrected chi connectivity index (χ3v) is 4.09. The van der Waals surface area contributed by atoms with Gasteiger partial charge in [0.25, 0.3) is 5.89 Å². The highest BCUT2D eigenvalue weighted by molar-refractivity contribution is 5.88. The minimum absolute atomic E-state index is 0.0804. The highest BCUT2D eigenvalue weighted by atomic mass is 16.6. The second-order valence-corrected chi connectivity index (χ2v) is 6.30. The standard InChI is InChI=1S/C21H21N3O6/c1-13(25)22-16-7-4-14(5-8-16)10-20(26)29-12-19-23-21(24-30-19)15-6-9-17(27-2)18(11-15)28-3/h4-9,11H,10,12H2,1-3H3,(H,22,25). The second kappa shape index (κ2) is 9.55. The molecule has 0 saturated heterocycles. The van der Waals surface area contributed by atoms with Gasteiger partial charge in [-0.2, -0.15) is 4.98 Å². The van der Waals surface area contributed by atoms with Crippen molar-refractivity contribution in [2.45, 2.75) is 20.0 Å². The molecule has 0 saturated carbocycles. The monoisotopic (exact) mass is 411 g/mol. The number of hydrogen-bond donors (Lipinski definition) is 1. The van der Waals surface area contributed by atoms with E-state index in [1.54, 1.807) is 49.6 Å². The van der Waals surface area contributed by atoms with Crippen LogP contribution in [0.4, 0.5) is 5.69 Å². The fourth-order valence-corrected chi connectivity index (χ4v) is 2.68. The van der Waals surface area contributed by atoms with E-state index in [1.807, 2.05) is 0 Å². The number of rotatable bonds is 8. The van der Waals surface area contributed by atoms with Crippen molar-refractivity contribution in [3.63, 3.8) is 0 Å². The molecule has 0 radical (unpaired) electrons. The van der Waals surface area contributed by atoms with Crippen LogP contribution in [0.2, 0.25) is 0 Å². The molecule has 0 aliphatic carbocycles. The highest BCUT2D eigenvalue weighted by Crippen LogP contribution is 2.31. The molecule has 0 spiro atoms. The minimum Gasteiger partial charge on any atom is -0.493 e. The summed E-state index contributed by atoms with van der Waals surface area (Å²) in [7, 11) is 3.09. The Labute approximate surface area is 172 Å². The second-order valence-electron chi connectivity index (χ2n) is 6.30. The summed E-state index contributed by atoms with van der Waals surface area (Å²) >= 11 is 0. The van der Waals surface area contributed by atoms with Crippen molar-refractivity contribution in [1.82, 2.24) is 10.1 Å². The summed E-state index contributed by atoms with van der Waals surface area (Å²) in [5, 5.41) is 6.57. The van der Waals surface area contributed by atoms with Crippen molar-refractivity contribution in [3.05, 3.63) is 53.9 Å². The number of amides is 1. The maximum Gasteiger partial charge on any atom is 0.310 e. The number of nitrogens with zero attached hydrogens (tertiary/aromatic N) is 2. The molecule has 0 unspecified atom stereocenters. The summed E-state index contributed by atoms with van der Waals surface area (Å²) in [6.45, 7) is 1.29. The van der Waals surface area contributed by atoms with Gasteiger partial charge in [-0.05, 0) is 35.9 Å². The molecule has 1 amide bonds. The molecular weight excluding hydrogens is 390 g/mol. The van der Waals surface area contributed by atoms with Gasteiger partial charge in [0, 0.05) is 18.2 Å².